The number of hydrogen-bond acceptors (Lipinski definition) is 5. The lowest BCUT2D eigenvalue weighted by Gasteiger charge is -2.05. The van der Waals surface area contributed by atoms with Crippen molar-refractivity contribution in [1.82, 2.24) is 20.0 Å². The maximum Gasteiger partial charge on any atom is 0.276 e. The molecular weight excluding hydrogens is 268 g/mol. The van der Waals surface area contributed by atoms with Gasteiger partial charge in [0.15, 0.2) is 5.69 Å². The van der Waals surface area contributed by atoms with E-state index < -0.39 is 0 Å². The van der Waals surface area contributed by atoms with Crippen LogP contribution in [0.3, 0.4) is 0 Å². The molecule has 0 atom stereocenters. The fraction of sp³-hybridized carbons (Fsp3) is 0.429. The van der Waals surface area contributed by atoms with Gasteiger partial charge in [-0.3, -0.25) is 9.48 Å². The number of aromatic nitrogens is 4. The first kappa shape index (κ1) is 15.0. The number of carbonyl (C=O) groups is 1. The van der Waals surface area contributed by atoms with Gasteiger partial charge in [0, 0.05) is 19.8 Å². The van der Waals surface area contributed by atoms with E-state index in [4.69, 9.17) is 0 Å². The smallest absolute Gasteiger partial charge is 0.276 e. The van der Waals surface area contributed by atoms with Gasteiger partial charge in [-0.15, -0.1) is 10.2 Å². The highest BCUT2D eigenvalue weighted by Gasteiger charge is 2.13. The van der Waals surface area contributed by atoms with Crippen molar-refractivity contribution in [2.24, 2.45) is 7.05 Å². The van der Waals surface area contributed by atoms with Crippen LogP contribution in [0.2, 0.25) is 0 Å². The molecule has 0 aliphatic rings. The fourth-order valence-electron chi connectivity index (χ4n) is 1.89. The van der Waals surface area contributed by atoms with E-state index in [0.29, 0.717) is 11.5 Å². The lowest BCUT2D eigenvalue weighted by molar-refractivity contribution is 0.102. The van der Waals surface area contributed by atoms with Crippen LogP contribution in [0.4, 0.5) is 11.5 Å². The molecule has 0 aliphatic carbocycles. The standard InChI is InChI=1S/C14H20N6O/c1-4-8-15-13-7-6-11(17-18-13)14(21)16-12-9-20(3)19-10(12)5-2/h6-7,9H,4-5,8H2,1-3H3,(H,15,18)(H,16,21). The molecule has 21 heavy (non-hydrogen) atoms. The average Bonchev–Trinajstić information content (AvgIpc) is 2.85. The van der Waals surface area contributed by atoms with Crippen molar-refractivity contribution in [3.8, 4) is 0 Å². The Bertz CT molecular complexity index is 604. The van der Waals surface area contributed by atoms with Gasteiger partial charge in [0.2, 0.25) is 0 Å². The molecule has 0 fully saturated rings. The van der Waals surface area contributed by atoms with Crippen molar-refractivity contribution in [3.05, 3.63) is 29.7 Å². The number of amides is 1. The summed E-state index contributed by atoms with van der Waals surface area (Å²) in [6.07, 6.45) is 3.54. The highest BCUT2D eigenvalue weighted by atomic mass is 16.1. The third-order valence-corrected chi connectivity index (χ3v) is 2.94. The van der Waals surface area contributed by atoms with Gasteiger partial charge in [0.25, 0.3) is 5.91 Å². The Kier molecular flexibility index (Phi) is 4.86. The topological polar surface area (TPSA) is 84.7 Å². The summed E-state index contributed by atoms with van der Waals surface area (Å²) in [6, 6.07) is 3.41. The molecule has 0 unspecified atom stereocenters. The number of aryl methyl sites for hydroxylation is 2. The monoisotopic (exact) mass is 288 g/mol. The zero-order chi connectivity index (χ0) is 15.2. The second-order valence-electron chi connectivity index (χ2n) is 4.70. The molecule has 2 aromatic rings. The highest BCUT2D eigenvalue weighted by Crippen LogP contribution is 2.14. The second-order valence-corrected chi connectivity index (χ2v) is 4.70. The largest absolute Gasteiger partial charge is 0.369 e. The van der Waals surface area contributed by atoms with E-state index in [1.54, 1.807) is 23.0 Å². The molecule has 0 spiro atoms. The third-order valence-electron chi connectivity index (χ3n) is 2.94. The van der Waals surface area contributed by atoms with Gasteiger partial charge in [-0.2, -0.15) is 5.10 Å². The Morgan fingerprint density at radius 1 is 1.29 bits per heavy atom. The first-order chi connectivity index (χ1) is 10.1. The van der Waals surface area contributed by atoms with Gasteiger partial charge in [0.1, 0.15) is 5.82 Å². The van der Waals surface area contributed by atoms with Crippen LogP contribution in [0.1, 0.15) is 36.5 Å². The predicted octanol–water partition coefficient (Wildman–Crippen LogP) is 1.85. The molecule has 0 saturated heterocycles. The summed E-state index contributed by atoms with van der Waals surface area (Å²) in [5.41, 5.74) is 1.84. The molecule has 7 heteroatoms. The molecule has 0 aromatic carbocycles. The van der Waals surface area contributed by atoms with Crippen molar-refractivity contribution >= 4 is 17.4 Å². The molecule has 2 heterocycles. The number of carbonyl (C=O) groups excluding carboxylic acids is 1. The SMILES string of the molecule is CCCNc1ccc(C(=O)Nc2cn(C)nc2CC)nn1. The summed E-state index contributed by atoms with van der Waals surface area (Å²) < 4.78 is 1.68. The number of hydrogen-bond donors (Lipinski definition) is 2. The number of anilines is 2. The Labute approximate surface area is 123 Å². The van der Waals surface area contributed by atoms with Crippen LogP contribution < -0.4 is 10.6 Å². The molecule has 2 aromatic heterocycles. The first-order valence-electron chi connectivity index (χ1n) is 7.05. The highest BCUT2D eigenvalue weighted by molar-refractivity contribution is 6.03. The third kappa shape index (κ3) is 3.77. The Morgan fingerprint density at radius 2 is 2.10 bits per heavy atom. The minimum absolute atomic E-state index is 0.281. The van der Waals surface area contributed by atoms with Crippen LogP contribution in [0.15, 0.2) is 18.3 Å². The molecule has 0 aliphatic heterocycles. The summed E-state index contributed by atoms with van der Waals surface area (Å²) >= 11 is 0. The number of nitrogens with zero attached hydrogens (tertiary/aromatic N) is 4. The molecule has 1 amide bonds. The van der Waals surface area contributed by atoms with Crippen molar-refractivity contribution in [2.75, 3.05) is 17.2 Å². The van der Waals surface area contributed by atoms with E-state index in [1.165, 1.54) is 0 Å². The summed E-state index contributed by atoms with van der Waals surface area (Å²) in [4.78, 5) is 12.1. The minimum Gasteiger partial charge on any atom is -0.369 e. The normalized spacial score (nSPS) is 10.4. The lowest BCUT2D eigenvalue weighted by atomic mass is 10.3. The maximum absolute atomic E-state index is 12.1. The molecule has 0 radical (unpaired) electrons. The molecule has 112 valence electrons. The van der Waals surface area contributed by atoms with Crippen LogP contribution in [0, 0.1) is 0 Å². The van der Waals surface area contributed by atoms with Gasteiger partial charge in [-0.05, 0) is 25.0 Å². The molecule has 0 bridgehead atoms. The molecule has 2 rings (SSSR count). The van der Waals surface area contributed by atoms with Crippen LogP contribution in [-0.2, 0) is 13.5 Å². The quantitative estimate of drug-likeness (QED) is 0.847. The second kappa shape index (κ2) is 6.83. The zero-order valence-electron chi connectivity index (χ0n) is 12.6. The van der Waals surface area contributed by atoms with Crippen molar-refractivity contribution in [1.29, 1.82) is 0 Å². The fourth-order valence-corrected chi connectivity index (χ4v) is 1.89. The summed E-state index contributed by atoms with van der Waals surface area (Å²) in [6.45, 7) is 4.89. The van der Waals surface area contributed by atoms with Gasteiger partial charge < -0.3 is 10.6 Å². The molecule has 2 N–H and O–H groups in total. The minimum atomic E-state index is -0.285. The van der Waals surface area contributed by atoms with Crippen molar-refractivity contribution < 1.29 is 4.79 Å². The zero-order valence-corrected chi connectivity index (χ0v) is 12.6. The van der Waals surface area contributed by atoms with E-state index in [9.17, 15) is 4.79 Å². The van der Waals surface area contributed by atoms with Crippen LogP contribution in [0.5, 0.6) is 0 Å². The molecule has 0 saturated carbocycles. The van der Waals surface area contributed by atoms with Crippen LogP contribution in [-0.4, -0.2) is 32.4 Å². The van der Waals surface area contributed by atoms with E-state index in [-0.39, 0.29) is 11.6 Å². The van der Waals surface area contributed by atoms with E-state index in [2.05, 4.69) is 32.9 Å². The van der Waals surface area contributed by atoms with Crippen molar-refractivity contribution in [3.63, 3.8) is 0 Å². The summed E-state index contributed by atoms with van der Waals surface area (Å²) in [5.74, 6) is 0.385. The van der Waals surface area contributed by atoms with Crippen LogP contribution >= 0.6 is 0 Å². The van der Waals surface area contributed by atoms with Gasteiger partial charge >= 0.3 is 0 Å². The van der Waals surface area contributed by atoms with E-state index >= 15 is 0 Å². The lowest BCUT2D eigenvalue weighted by Crippen LogP contribution is -2.15. The average molecular weight is 288 g/mol. The maximum atomic E-state index is 12.1. The number of nitrogens with one attached hydrogen (secondary N) is 2. The Morgan fingerprint density at radius 3 is 2.71 bits per heavy atom. The summed E-state index contributed by atoms with van der Waals surface area (Å²) in [7, 11) is 1.82. The van der Waals surface area contributed by atoms with Crippen LogP contribution in [0.25, 0.3) is 0 Å². The van der Waals surface area contributed by atoms with Gasteiger partial charge in [-0.1, -0.05) is 13.8 Å². The predicted molar refractivity (Wildman–Crippen MR) is 81.4 cm³/mol. The molecule has 7 nitrogen and oxygen atoms in total. The van der Waals surface area contributed by atoms with Crippen molar-refractivity contribution in [2.45, 2.75) is 26.7 Å². The Balaban J connectivity index is 2.06. The van der Waals surface area contributed by atoms with Gasteiger partial charge in [0.05, 0.1) is 11.4 Å². The summed E-state index contributed by atoms with van der Waals surface area (Å²) in [5, 5.41) is 18.1. The Hall–Kier alpha value is -2.44. The van der Waals surface area contributed by atoms with E-state index in [0.717, 1.165) is 25.1 Å². The van der Waals surface area contributed by atoms with Gasteiger partial charge in [-0.25, -0.2) is 0 Å². The first-order valence-corrected chi connectivity index (χ1v) is 7.05. The molecular formula is C14H20N6O. The van der Waals surface area contributed by atoms with E-state index in [1.807, 2.05) is 14.0 Å². The number of rotatable bonds is 6.